The van der Waals surface area contributed by atoms with Crippen molar-refractivity contribution in [2.75, 3.05) is 18.9 Å². The van der Waals surface area contributed by atoms with Crippen LogP contribution in [-0.2, 0) is 17.6 Å². The van der Waals surface area contributed by atoms with Crippen LogP contribution >= 0.6 is 11.3 Å². The molecule has 1 aliphatic rings. The van der Waals surface area contributed by atoms with Crippen LogP contribution in [0.2, 0.25) is 0 Å². The van der Waals surface area contributed by atoms with Gasteiger partial charge in [0, 0.05) is 18.1 Å². The van der Waals surface area contributed by atoms with Gasteiger partial charge in [-0.15, -0.1) is 11.3 Å². The fourth-order valence-electron chi connectivity index (χ4n) is 2.63. The summed E-state index contributed by atoms with van der Waals surface area (Å²) in [5.74, 6) is 0.147. The van der Waals surface area contributed by atoms with Crippen LogP contribution in [0.3, 0.4) is 0 Å². The van der Waals surface area contributed by atoms with Gasteiger partial charge in [-0.05, 0) is 49.4 Å². The topological polar surface area (TPSA) is 62.3 Å². The van der Waals surface area contributed by atoms with Crippen LogP contribution in [0, 0.1) is 6.92 Å². The first-order chi connectivity index (χ1) is 11.0. The van der Waals surface area contributed by atoms with E-state index in [9.17, 15) is 9.59 Å². The Hall–Kier alpha value is -2.21. The van der Waals surface area contributed by atoms with E-state index >= 15 is 0 Å². The van der Waals surface area contributed by atoms with Gasteiger partial charge in [0.05, 0.1) is 11.4 Å². The summed E-state index contributed by atoms with van der Waals surface area (Å²) in [4.78, 5) is 32.1. The number of likely N-dealkylation sites (N-methyl/N-ethyl adjacent to an activating group) is 1. The minimum absolute atomic E-state index is 0.0109. The van der Waals surface area contributed by atoms with Gasteiger partial charge in [0.15, 0.2) is 0 Å². The minimum Gasteiger partial charge on any atom is -0.332 e. The maximum atomic E-state index is 12.4. The van der Waals surface area contributed by atoms with Crippen molar-refractivity contribution in [2.45, 2.75) is 26.2 Å². The zero-order chi connectivity index (χ0) is 16.4. The lowest BCUT2D eigenvalue weighted by molar-refractivity contribution is -0.116. The van der Waals surface area contributed by atoms with Gasteiger partial charge >= 0.3 is 0 Å². The van der Waals surface area contributed by atoms with Crippen LogP contribution in [0.4, 0.5) is 5.82 Å². The number of hydrogen-bond donors (Lipinski definition) is 1. The van der Waals surface area contributed by atoms with E-state index in [-0.39, 0.29) is 18.4 Å². The van der Waals surface area contributed by atoms with Crippen molar-refractivity contribution in [3.63, 3.8) is 0 Å². The SMILES string of the molecule is Cc1ccc(NC(=O)CN(C)C(=O)c2cc3c(s2)CCC3)nc1. The average molecular weight is 329 g/mol. The molecule has 120 valence electrons. The smallest absolute Gasteiger partial charge is 0.264 e. The number of fused-ring (bicyclic) bond motifs is 1. The van der Waals surface area contributed by atoms with Gasteiger partial charge in [-0.3, -0.25) is 9.59 Å². The van der Waals surface area contributed by atoms with E-state index < -0.39 is 0 Å². The molecule has 3 rings (SSSR count). The number of aromatic nitrogens is 1. The van der Waals surface area contributed by atoms with Gasteiger partial charge in [-0.2, -0.15) is 0 Å². The highest BCUT2D eigenvalue weighted by molar-refractivity contribution is 7.14. The molecule has 23 heavy (non-hydrogen) atoms. The van der Waals surface area contributed by atoms with Crippen molar-refractivity contribution in [3.05, 3.63) is 45.3 Å². The van der Waals surface area contributed by atoms with Crippen molar-refractivity contribution in [2.24, 2.45) is 0 Å². The number of amides is 2. The van der Waals surface area contributed by atoms with Crippen LogP contribution in [-0.4, -0.2) is 35.3 Å². The van der Waals surface area contributed by atoms with Gasteiger partial charge in [-0.25, -0.2) is 4.98 Å². The van der Waals surface area contributed by atoms with Gasteiger partial charge in [0.1, 0.15) is 5.82 Å². The van der Waals surface area contributed by atoms with E-state index in [4.69, 9.17) is 0 Å². The maximum Gasteiger partial charge on any atom is 0.264 e. The molecule has 5 nitrogen and oxygen atoms in total. The van der Waals surface area contributed by atoms with Gasteiger partial charge < -0.3 is 10.2 Å². The number of pyridine rings is 1. The molecule has 2 aromatic rings. The molecule has 0 bridgehead atoms. The molecule has 0 atom stereocenters. The van der Waals surface area contributed by atoms with E-state index in [1.54, 1.807) is 30.6 Å². The summed E-state index contributed by atoms with van der Waals surface area (Å²) in [6, 6.07) is 5.61. The molecule has 0 saturated carbocycles. The Morgan fingerprint density at radius 2 is 2.17 bits per heavy atom. The number of hydrogen-bond acceptors (Lipinski definition) is 4. The highest BCUT2D eigenvalue weighted by Crippen LogP contribution is 2.31. The normalized spacial score (nSPS) is 12.8. The van der Waals surface area contributed by atoms with Gasteiger partial charge in [-0.1, -0.05) is 6.07 Å². The van der Waals surface area contributed by atoms with Crippen molar-refractivity contribution < 1.29 is 9.59 Å². The Bertz CT molecular complexity index is 715. The van der Waals surface area contributed by atoms with Crippen LogP contribution in [0.25, 0.3) is 0 Å². The third kappa shape index (κ3) is 3.59. The molecular weight excluding hydrogens is 310 g/mol. The highest BCUT2D eigenvalue weighted by Gasteiger charge is 2.21. The summed E-state index contributed by atoms with van der Waals surface area (Å²) < 4.78 is 0. The quantitative estimate of drug-likeness (QED) is 0.938. The van der Waals surface area contributed by atoms with Crippen molar-refractivity contribution >= 4 is 29.0 Å². The van der Waals surface area contributed by atoms with E-state index in [1.807, 2.05) is 19.1 Å². The summed E-state index contributed by atoms with van der Waals surface area (Å²) >= 11 is 1.56. The van der Waals surface area contributed by atoms with Gasteiger partial charge in [0.25, 0.3) is 5.91 Å². The summed E-state index contributed by atoms with van der Waals surface area (Å²) in [6.07, 6.45) is 4.99. The van der Waals surface area contributed by atoms with Crippen molar-refractivity contribution in [1.82, 2.24) is 9.88 Å². The number of nitrogens with zero attached hydrogens (tertiary/aromatic N) is 2. The number of carbonyl (C=O) groups excluding carboxylic acids is 2. The lowest BCUT2D eigenvalue weighted by atomic mass is 10.2. The third-order valence-corrected chi connectivity index (χ3v) is 5.09. The second kappa shape index (κ2) is 6.50. The molecule has 1 N–H and O–H groups in total. The summed E-state index contributed by atoms with van der Waals surface area (Å²) in [7, 11) is 1.65. The molecule has 6 heteroatoms. The van der Waals surface area contributed by atoms with E-state index in [0.29, 0.717) is 5.82 Å². The zero-order valence-electron chi connectivity index (χ0n) is 13.3. The predicted molar refractivity (Wildman–Crippen MR) is 90.9 cm³/mol. The Kier molecular flexibility index (Phi) is 4.43. The van der Waals surface area contributed by atoms with Crippen molar-refractivity contribution in [3.8, 4) is 0 Å². The molecule has 0 saturated heterocycles. The third-order valence-electron chi connectivity index (χ3n) is 3.86. The van der Waals surface area contributed by atoms with Gasteiger partial charge in [0.2, 0.25) is 5.91 Å². The number of rotatable bonds is 4. The molecule has 2 aromatic heterocycles. The second-order valence-corrected chi connectivity index (χ2v) is 6.98. The molecule has 0 fully saturated rings. The zero-order valence-corrected chi connectivity index (χ0v) is 14.1. The molecule has 0 unspecified atom stereocenters. The molecule has 0 aliphatic heterocycles. The van der Waals surface area contributed by atoms with Crippen LogP contribution in [0.1, 0.15) is 32.1 Å². The van der Waals surface area contributed by atoms with Crippen molar-refractivity contribution in [1.29, 1.82) is 0 Å². The van der Waals surface area contributed by atoms with Crippen LogP contribution in [0.5, 0.6) is 0 Å². The molecular formula is C17H19N3O2S. The number of nitrogens with one attached hydrogen (secondary N) is 1. The number of aryl methyl sites for hydroxylation is 3. The van der Waals surface area contributed by atoms with E-state index in [1.165, 1.54) is 21.8 Å². The standard InChI is InChI=1S/C17H19N3O2S/c1-11-6-7-15(18-9-11)19-16(21)10-20(2)17(22)14-8-12-4-3-5-13(12)23-14/h6-9H,3-5,10H2,1-2H3,(H,18,19,21). The summed E-state index contributed by atoms with van der Waals surface area (Å²) in [6.45, 7) is 1.94. The molecule has 0 aromatic carbocycles. The highest BCUT2D eigenvalue weighted by atomic mass is 32.1. The lowest BCUT2D eigenvalue weighted by Gasteiger charge is -2.15. The monoisotopic (exact) mass is 329 g/mol. The number of anilines is 1. The Labute approximate surface area is 139 Å². The van der Waals surface area contributed by atoms with E-state index in [0.717, 1.165) is 23.3 Å². The first-order valence-electron chi connectivity index (χ1n) is 7.62. The number of carbonyl (C=O) groups is 2. The summed E-state index contributed by atoms with van der Waals surface area (Å²) in [5, 5.41) is 2.70. The molecule has 1 aliphatic carbocycles. The Balaban J connectivity index is 1.59. The Morgan fingerprint density at radius 1 is 1.35 bits per heavy atom. The van der Waals surface area contributed by atoms with Crippen LogP contribution in [0.15, 0.2) is 24.4 Å². The molecule has 2 amide bonds. The largest absolute Gasteiger partial charge is 0.332 e. The fraction of sp³-hybridized carbons (Fsp3) is 0.353. The second-order valence-electron chi connectivity index (χ2n) is 5.84. The minimum atomic E-state index is -0.249. The maximum absolute atomic E-state index is 12.4. The molecule has 0 radical (unpaired) electrons. The lowest BCUT2D eigenvalue weighted by Crippen LogP contribution is -2.34. The van der Waals surface area contributed by atoms with Crippen LogP contribution < -0.4 is 5.32 Å². The first-order valence-corrected chi connectivity index (χ1v) is 8.44. The molecule has 0 spiro atoms. The van der Waals surface area contributed by atoms with E-state index in [2.05, 4.69) is 10.3 Å². The fourth-order valence-corrected chi connectivity index (χ4v) is 3.88. The predicted octanol–water partition coefficient (Wildman–Crippen LogP) is 2.65. The molecule has 2 heterocycles. The number of thiophene rings is 1. The Morgan fingerprint density at radius 3 is 2.87 bits per heavy atom. The first kappa shape index (κ1) is 15.7. The summed E-state index contributed by atoms with van der Waals surface area (Å²) in [5.41, 5.74) is 2.32. The average Bonchev–Trinajstić information content (AvgIpc) is 3.10.